The second-order valence-electron chi connectivity index (χ2n) is 8.42. The van der Waals surface area contributed by atoms with E-state index in [4.69, 9.17) is 9.47 Å². The highest BCUT2D eigenvalue weighted by Gasteiger charge is 2.26. The molecule has 2 aromatic rings. The summed E-state index contributed by atoms with van der Waals surface area (Å²) < 4.78 is 24.7. The number of hydrogen-bond acceptors (Lipinski definition) is 6. The Labute approximate surface area is 176 Å². The maximum absolute atomic E-state index is 13.7. The number of hydrogen-bond donors (Lipinski definition) is 1. The maximum Gasteiger partial charge on any atom is 0.410 e. The molecule has 0 unspecified atom stereocenters. The zero-order valence-corrected chi connectivity index (χ0v) is 17.7. The van der Waals surface area contributed by atoms with Gasteiger partial charge < -0.3 is 19.7 Å². The van der Waals surface area contributed by atoms with Crippen LogP contribution in [0.3, 0.4) is 0 Å². The summed E-state index contributed by atoms with van der Waals surface area (Å²) in [7, 11) is 0. The van der Waals surface area contributed by atoms with Crippen LogP contribution in [-0.4, -0.2) is 46.2 Å². The molecule has 1 fully saturated rings. The minimum atomic E-state index is -0.470. The van der Waals surface area contributed by atoms with Gasteiger partial charge in [0.1, 0.15) is 11.9 Å². The Morgan fingerprint density at radius 3 is 2.67 bits per heavy atom. The fourth-order valence-corrected chi connectivity index (χ4v) is 3.22. The van der Waals surface area contributed by atoms with Crippen LogP contribution in [0.4, 0.5) is 9.18 Å². The predicted octanol–water partition coefficient (Wildman–Crippen LogP) is 4.14. The minimum absolute atomic E-state index is 0.131. The normalized spacial score (nSPS) is 15.1. The standard InChI is InChI=1S/C22H29FN4O3/c1-22(2,3)30-21(28)27-10-8-16(9-11-27)13-24-14-17-12-20(26-15-25-17)29-19-7-5-4-6-18(19)23/h4-7,12,15-16,24H,8-11,13-14H2,1-3H3. The Kier molecular flexibility index (Phi) is 7.20. The van der Waals surface area contributed by atoms with Gasteiger partial charge in [-0.2, -0.15) is 0 Å². The van der Waals surface area contributed by atoms with Crippen LogP contribution in [0.15, 0.2) is 36.7 Å². The van der Waals surface area contributed by atoms with E-state index in [-0.39, 0.29) is 11.8 Å². The molecule has 2 heterocycles. The summed E-state index contributed by atoms with van der Waals surface area (Å²) in [5, 5.41) is 3.40. The van der Waals surface area contributed by atoms with Gasteiger partial charge in [-0.25, -0.2) is 19.2 Å². The first-order chi connectivity index (χ1) is 14.3. The zero-order chi connectivity index (χ0) is 21.6. The first kappa shape index (κ1) is 22.0. The van der Waals surface area contributed by atoms with E-state index < -0.39 is 11.4 Å². The smallest absolute Gasteiger partial charge is 0.410 e. The molecule has 30 heavy (non-hydrogen) atoms. The summed E-state index contributed by atoms with van der Waals surface area (Å²) in [6, 6.07) is 7.91. The summed E-state index contributed by atoms with van der Waals surface area (Å²) in [5.74, 6) is 0.484. The van der Waals surface area contributed by atoms with E-state index in [0.29, 0.717) is 31.4 Å². The Hall–Kier alpha value is -2.74. The van der Waals surface area contributed by atoms with Crippen molar-refractivity contribution in [2.45, 2.75) is 45.8 Å². The number of ether oxygens (including phenoxy) is 2. The third kappa shape index (κ3) is 6.66. The number of benzene rings is 1. The molecule has 1 aromatic heterocycles. The number of amides is 1. The number of halogens is 1. The molecule has 162 valence electrons. The van der Waals surface area contributed by atoms with Crippen LogP contribution in [0.5, 0.6) is 11.6 Å². The number of carbonyl (C=O) groups excluding carboxylic acids is 1. The maximum atomic E-state index is 13.7. The fraction of sp³-hybridized carbons (Fsp3) is 0.500. The summed E-state index contributed by atoms with van der Waals surface area (Å²) in [5.41, 5.74) is 0.296. The van der Waals surface area contributed by atoms with Gasteiger partial charge in [-0.15, -0.1) is 0 Å². The van der Waals surface area contributed by atoms with Crippen LogP contribution in [0.25, 0.3) is 0 Å². The van der Waals surface area contributed by atoms with Crippen LogP contribution < -0.4 is 10.1 Å². The number of nitrogens with one attached hydrogen (secondary N) is 1. The van der Waals surface area contributed by atoms with E-state index in [2.05, 4.69) is 15.3 Å². The molecule has 3 rings (SSSR count). The van der Waals surface area contributed by atoms with Gasteiger partial charge in [-0.1, -0.05) is 12.1 Å². The van der Waals surface area contributed by atoms with Crippen molar-refractivity contribution in [2.24, 2.45) is 5.92 Å². The molecule has 0 aliphatic carbocycles. The molecule has 0 atom stereocenters. The molecule has 1 aliphatic rings. The Bertz CT molecular complexity index is 848. The van der Waals surface area contributed by atoms with Crippen LogP contribution >= 0.6 is 0 Å². The first-order valence-corrected chi connectivity index (χ1v) is 10.2. The van der Waals surface area contributed by atoms with Gasteiger partial charge >= 0.3 is 6.09 Å². The van der Waals surface area contributed by atoms with Gasteiger partial charge in [-0.05, 0) is 58.2 Å². The highest BCUT2D eigenvalue weighted by Crippen LogP contribution is 2.23. The van der Waals surface area contributed by atoms with Crippen molar-refractivity contribution in [1.82, 2.24) is 20.2 Å². The minimum Gasteiger partial charge on any atom is -0.444 e. The van der Waals surface area contributed by atoms with Gasteiger partial charge in [0.25, 0.3) is 0 Å². The van der Waals surface area contributed by atoms with Crippen LogP contribution in [0.2, 0.25) is 0 Å². The molecule has 1 aromatic carbocycles. The monoisotopic (exact) mass is 416 g/mol. The Morgan fingerprint density at radius 1 is 1.23 bits per heavy atom. The average Bonchev–Trinajstić information content (AvgIpc) is 2.69. The molecule has 1 saturated heterocycles. The summed E-state index contributed by atoms with van der Waals surface area (Å²) >= 11 is 0. The van der Waals surface area contributed by atoms with Crippen molar-refractivity contribution >= 4 is 6.09 Å². The van der Waals surface area contributed by atoms with Gasteiger partial charge in [0, 0.05) is 25.7 Å². The number of rotatable bonds is 6. The second-order valence-corrected chi connectivity index (χ2v) is 8.42. The SMILES string of the molecule is CC(C)(C)OC(=O)N1CCC(CNCc2cc(Oc3ccccc3F)ncn2)CC1. The third-order valence-corrected chi connectivity index (χ3v) is 4.76. The molecule has 0 spiro atoms. The zero-order valence-electron chi connectivity index (χ0n) is 17.7. The van der Waals surface area contributed by atoms with Gasteiger partial charge in [0.2, 0.25) is 5.88 Å². The van der Waals surface area contributed by atoms with E-state index in [9.17, 15) is 9.18 Å². The number of likely N-dealkylation sites (tertiary alicyclic amines) is 1. The van der Waals surface area contributed by atoms with Crippen molar-refractivity contribution in [3.8, 4) is 11.6 Å². The van der Waals surface area contributed by atoms with Gasteiger partial charge in [-0.3, -0.25) is 0 Å². The summed E-state index contributed by atoms with van der Waals surface area (Å²) in [6.07, 6.45) is 3.03. The quantitative estimate of drug-likeness (QED) is 0.763. The molecule has 8 heteroatoms. The molecule has 0 bridgehead atoms. The number of piperidine rings is 1. The van der Waals surface area contributed by atoms with E-state index in [1.807, 2.05) is 20.8 Å². The summed E-state index contributed by atoms with van der Waals surface area (Å²) in [6.45, 7) is 8.42. The largest absolute Gasteiger partial charge is 0.444 e. The molecular weight excluding hydrogens is 387 g/mol. The Balaban J connectivity index is 1.42. The van der Waals surface area contributed by atoms with Crippen molar-refractivity contribution < 1.29 is 18.7 Å². The topological polar surface area (TPSA) is 76.6 Å². The Morgan fingerprint density at radius 2 is 1.97 bits per heavy atom. The van der Waals surface area contributed by atoms with Crippen LogP contribution in [0.1, 0.15) is 39.3 Å². The van der Waals surface area contributed by atoms with E-state index in [0.717, 1.165) is 25.1 Å². The lowest BCUT2D eigenvalue weighted by Gasteiger charge is -2.33. The molecule has 0 saturated carbocycles. The second kappa shape index (κ2) is 9.84. The van der Waals surface area contributed by atoms with E-state index >= 15 is 0 Å². The molecular formula is C22H29FN4O3. The molecule has 1 N–H and O–H groups in total. The highest BCUT2D eigenvalue weighted by molar-refractivity contribution is 5.68. The van der Waals surface area contributed by atoms with E-state index in [1.54, 1.807) is 29.2 Å². The lowest BCUT2D eigenvalue weighted by molar-refractivity contribution is 0.0184. The average molecular weight is 416 g/mol. The van der Waals surface area contributed by atoms with Gasteiger partial charge in [0.15, 0.2) is 11.6 Å². The number of carbonyl (C=O) groups is 1. The van der Waals surface area contributed by atoms with Gasteiger partial charge in [0.05, 0.1) is 5.69 Å². The number of aromatic nitrogens is 2. The third-order valence-electron chi connectivity index (χ3n) is 4.76. The highest BCUT2D eigenvalue weighted by atomic mass is 19.1. The van der Waals surface area contributed by atoms with E-state index in [1.165, 1.54) is 12.4 Å². The molecule has 1 amide bonds. The van der Waals surface area contributed by atoms with Crippen LogP contribution in [0, 0.1) is 11.7 Å². The fourth-order valence-electron chi connectivity index (χ4n) is 3.22. The number of nitrogens with zero attached hydrogens (tertiary/aromatic N) is 3. The van der Waals surface area contributed by atoms with Crippen molar-refractivity contribution in [1.29, 1.82) is 0 Å². The van der Waals surface area contributed by atoms with Crippen molar-refractivity contribution in [2.75, 3.05) is 19.6 Å². The van der Waals surface area contributed by atoms with Crippen molar-refractivity contribution in [3.63, 3.8) is 0 Å². The lowest BCUT2D eigenvalue weighted by Crippen LogP contribution is -2.43. The summed E-state index contributed by atoms with van der Waals surface area (Å²) in [4.78, 5) is 22.2. The lowest BCUT2D eigenvalue weighted by atomic mass is 9.97. The first-order valence-electron chi connectivity index (χ1n) is 10.2. The molecule has 1 aliphatic heterocycles. The molecule has 0 radical (unpaired) electrons. The number of para-hydroxylation sites is 1. The predicted molar refractivity (Wildman–Crippen MR) is 111 cm³/mol. The van der Waals surface area contributed by atoms with Crippen molar-refractivity contribution in [3.05, 3.63) is 48.2 Å². The van der Waals surface area contributed by atoms with Crippen LogP contribution in [-0.2, 0) is 11.3 Å². The molecule has 7 nitrogen and oxygen atoms in total.